The zero-order valence-corrected chi connectivity index (χ0v) is 15.9. The van der Waals surface area contributed by atoms with Crippen molar-refractivity contribution in [2.75, 3.05) is 5.32 Å². The SMILES string of the molecule is C[C@@H]1CCC[C@H](NN)c2cc(ccn2)-c2c(cnn2C)NC1=O.Cl.Cl. The Hall–Kier alpha value is -1.67. The fourth-order valence-electron chi connectivity index (χ4n) is 2.99. The van der Waals surface area contributed by atoms with E-state index in [-0.39, 0.29) is 42.7 Å². The van der Waals surface area contributed by atoms with Crippen molar-refractivity contribution in [3.05, 3.63) is 30.2 Å². The summed E-state index contributed by atoms with van der Waals surface area (Å²) in [6, 6.07) is 3.89. The van der Waals surface area contributed by atoms with Crippen molar-refractivity contribution in [1.29, 1.82) is 0 Å². The van der Waals surface area contributed by atoms with Crippen LogP contribution in [0.1, 0.15) is 37.9 Å². The molecule has 0 saturated carbocycles. The van der Waals surface area contributed by atoms with E-state index in [0.717, 1.165) is 41.9 Å². The topological polar surface area (TPSA) is 97.9 Å². The first-order chi connectivity index (χ1) is 11.1. The Morgan fingerprint density at radius 3 is 2.84 bits per heavy atom. The van der Waals surface area contributed by atoms with E-state index >= 15 is 0 Å². The summed E-state index contributed by atoms with van der Waals surface area (Å²) in [5.74, 6) is 5.66. The van der Waals surface area contributed by atoms with Crippen molar-refractivity contribution in [2.24, 2.45) is 18.8 Å². The van der Waals surface area contributed by atoms with Crippen LogP contribution < -0.4 is 16.6 Å². The molecular formula is C16H24Cl2N6O. The number of nitrogens with two attached hydrogens (primary N) is 1. The number of hydrazine groups is 1. The molecule has 4 N–H and O–H groups in total. The second-order valence-electron chi connectivity index (χ2n) is 6.04. The lowest BCUT2D eigenvalue weighted by atomic mass is 9.97. The number of hydrogen-bond acceptors (Lipinski definition) is 5. The largest absolute Gasteiger partial charge is 0.323 e. The number of pyridine rings is 1. The number of aromatic nitrogens is 3. The number of nitrogens with one attached hydrogen (secondary N) is 2. The number of anilines is 1. The number of carbonyl (C=O) groups is 1. The molecule has 1 aliphatic rings. The Labute approximate surface area is 159 Å². The van der Waals surface area contributed by atoms with Crippen molar-refractivity contribution in [1.82, 2.24) is 20.2 Å². The molecule has 3 heterocycles. The van der Waals surface area contributed by atoms with Crippen LogP contribution in [0.3, 0.4) is 0 Å². The van der Waals surface area contributed by atoms with Gasteiger partial charge in [0.15, 0.2) is 0 Å². The van der Waals surface area contributed by atoms with E-state index in [1.165, 1.54) is 0 Å². The Bertz CT molecular complexity index is 720. The highest BCUT2D eigenvalue weighted by atomic mass is 35.5. The molecule has 0 fully saturated rings. The van der Waals surface area contributed by atoms with Crippen LogP contribution in [0.25, 0.3) is 11.3 Å². The number of amides is 1. The van der Waals surface area contributed by atoms with E-state index in [9.17, 15) is 4.79 Å². The Kier molecular flexibility index (Phi) is 7.82. The van der Waals surface area contributed by atoms with Gasteiger partial charge in [0.25, 0.3) is 0 Å². The minimum atomic E-state index is -0.0628. The quantitative estimate of drug-likeness (QED) is 0.516. The fourth-order valence-corrected chi connectivity index (χ4v) is 2.99. The second kappa shape index (κ2) is 9.15. The maximum Gasteiger partial charge on any atom is 0.227 e. The van der Waals surface area contributed by atoms with Crippen LogP contribution in [0.15, 0.2) is 24.5 Å². The van der Waals surface area contributed by atoms with Gasteiger partial charge in [-0.2, -0.15) is 5.10 Å². The molecule has 0 saturated heterocycles. The van der Waals surface area contributed by atoms with E-state index in [4.69, 9.17) is 5.84 Å². The number of hydrogen-bond donors (Lipinski definition) is 3. The van der Waals surface area contributed by atoms with Gasteiger partial charge in [0.2, 0.25) is 5.91 Å². The molecule has 7 nitrogen and oxygen atoms in total. The summed E-state index contributed by atoms with van der Waals surface area (Å²) in [6.45, 7) is 1.94. The van der Waals surface area contributed by atoms with Gasteiger partial charge in [-0.05, 0) is 25.0 Å². The standard InChI is InChI=1S/C16H22N6O.2ClH/c1-10-4-3-5-12(21-17)13-8-11(6-7-18-13)15-14(20-16(10)23)9-19-22(15)2;;/h6-10,12,21H,3-5,17H2,1-2H3,(H,20,23);2*1H/t10-,12+;;/m1../s1. The van der Waals surface area contributed by atoms with E-state index in [1.54, 1.807) is 17.1 Å². The van der Waals surface area contributed by atoms with Gasteiger partial charge >= 0.3 is 0 Å². The van der Waals surface area contributed by atoms with E-state index in [1.807, 2.05) is 26.1 Å². The maximum absolute atomic E-state index is 12.4. The first-order valence-corrected chi connectivity index (χ1v) is 7.85. The molecule has 2 atom stereocenters. The van der Waals surface area contributed by atoms with Gasteiger partial charge in [0, 0.05) is 24.7 Å². The molecule has 9 heteroatoms. The minimum Gasteiger partial charge on any atom is -0.323 e. The number of fused-ring (bicyclic) bond motifs is 4. The molecule has 2 aromatic rings. The molecule has 2 bridgehead atoms. The number of carbonyl (C=O) groups excluding carboxylic acids is 1. The van der Waals surface area contributed by atoms with Gasteiger partial charge in [0.1, 0.15) is 0 Å². The van der Waals surface area contributed by atoms with E-state index in [2.05, 4.69) is 20.8 Å². The molecule has 25 heavy (non-hydrogen) atoms. The summed E-state index contributed by atoms with van der Waals surface area (Å²) in [6.07, 6.45) is 5.99. The molecule has 138 valence electrons. The average molecular weight is 387 g/mol. The summed E-state index contributed by atoms with van der Waals surface area (Å²) in [5.41, 5.74) is 6.28. The monoisotopic (exact) mass is 386 g/mol. The van der Waals surface area contributed by atoms with Gasteiger partial charge in [-0.3, -0.25) is 25.7 Å². The first-order valence-electron chi connectivity index (χ1n) is 7.85. The number of halogens is 2. The van der Waals surface area contributed by atoms with Crippen molar-refractivity contribution in [2.45, 2.75) is 32.2 Å². The third-order valence-corrected chi connectivity index (χ3v) is 4.39. The van der Waals surface area contributed by atoms with Gasteiger partial charge in [0.05, 0.1) is 29.3 Å². The molecule has 1 aliphatic heterocycles. The summed E-state index contributed by atoms with van der Waals surface area (Å²) < 4.78 is 1.76. The first kappa shape index (κ1) is 21.4. The van der Waals surface area contributed by atoms with Crippen LogP contribution in [0.5, 0.6) is 0 Å². The average Bonchev–Trinajstić information content (AvgIpc) is 2.91. The lowest BCUT2D eigenvalue weighted by Gasteiger charge is -2.19. The number of aryl methyl sites for hydroxylation is 1. The van der Waals surface area contributed by atoms with Crippen molar-refractivity contribution >= 4 is 36.4 Å². The van der Waals surface area contributed by atoms with Crippen LogP contribution in [-0.4, -0.2) is 20.7 Å². The highest BCUT2D eigenvalue weighted by molar-refractivity contribution is 5.95. The van der Waals surface area contributed by atoms with E-state index < -0.39 is 0 Å². The lowest BCUT2D eigenvalue weighted by molar-refractivity contribution is -0.119. The molecule has 1 amide bonds. The van der Waals surface area contributed by atoms with E-state index in [0.29, 0.717) is 0 Å². The Balaban J connectivity index is 0.00000156. The van der Waals surface area contributed by atoms with Crippen LogP contribution >= 0.6 is 24.8 Å². The normalized spacial score (nSPS) is 20.0. The Morgan fingerprint density at radius 1 is 1.36 bits per heavy atom. The maximum atomic E-state index is 12.4. The van der Waals surface area contributed by atoms with Crippen LogP contribution in [0, 0.1) is 5.92 Å². The zero-order chi connectivity index (χ0) is 16.4. The molecule has 0 aromatic carbocycles. The molecule has 0 spiro atoms. The molecule has 2 aromatic heterocycles. The smallest absolute Gasteiger partial charge is 0.227 e. The van der Waals surface area contributed by atoms with Crippen LogP contribution in [0.2, 0.25) is 0 Å². The summed E-state index contributed by atoms with van der Waals surface area (Å²) in [4.78, 5) is 16.8. The summed E-state index contributed by atoms with van der Waals surface area (Å²) >= 11 is 0. The molecule has 0 unspecified atom stereocenters. The summed E-state index contributed by atoms with van der Waals surface area (Å²) in [7, 11) is 1.86. The molecule has 0 radical (unpaired) electrons. The van der Waals surface area contributed by atoms with Gasteiger partial charge in [-0.25, -0.2) is 0 Å². The van der Waals surface area contributed by atoms with Crippen molar-refractivity contribution in [3.63, 3.8) is 0 Å². The lowest BCUT2D eigenvalue weighted by Crippen LogP contribution is -2.29. The third kappa shape index (κ3) is 4.49. The summed E-state index contributed by atoms with van der Waals surface area (Å²) in [5, 5.41) is 7.28. The highest BCUT2D eigenvalue weighted by Gasteiger charge is 2.21. The minimum absolute atomic E-state index is 0. The predicted molar refractivity (Wildman–Crippen MR) is 103 cm³/mol. The van der Waals surface area contributed by atoms with Gasteiger partial charge in [-0.1, -0.05) is 13.3 Å². The molecular weight excluding hydrogens is 363 g/mol. The predicted octanol–water partition coefficient (Wildman–Crippen LogP) is 2.59. The van der Waals surface area contributed by atoms with Gasteiger partial charge in [-0.15, -0.1) is 24.8 Å². The fraction of sp³-hybridized carbons (Fsp3) is 0.438. The van der Waals surface area contributed by atoms with Crippen molar-refractivity contribution in [3.8, 4) is 11.3 Å². The number of rotatable bonds is 1. The zero-order valence-electron chi connectivity index (χ0n) is 14.2. The molecule has 0 aliphatic carbocycles. The molecule has 3 rings (SSSR count). The second-order valence-corrected chi connectivity index (χ2v) is 6.04. The Morgan fingerprint density at radius 2 is 2.12 bits per heavy atom. The highest BCUT2D eigenvalue weighted by Crippen LogP contribution is 2.31. The van der Waals surface area contributed by atoms with Crippen molar-refractivity contribution < 1.29 is 4.79 Å². The van der Waals surface area contributed by atoms with Crippen LogP contribution in [-0.2, 0) is 11.8 Å². The third-order valence-electron chi connectivity index (χ3n) is 4.39. The van der Waals surface area contributed by atoms with Crippen LogP contribution in [0.4, 0.5) is 5.69 Å². The van der Waals surface area contributed by atoms with Gasteiger partial charge < -0.3 is 5.32 Å². The number of nitrogens with zero attached hydrogens (tertiary/aromatic N) is 3.